The van der Waals surface area contributed by atoms with Crippen molar-refractivity contribution in [2.24, 2.45) is 5.73 Å². The van der Waals surface area contributed by atoms with Crippen molar-refractivity contribution in [3.05, 3.63) is 47.5 Å². The average molecular weight is 253 g/mol. The van der Waals surface area contributed by atoms with Gasteiger partial charge in [0, 0.05) is 11.8 Å². The van der Waals surface area contributed by atoms with Gasteiger partial charge in [-0.1, -0.05) is 23.8 Å². The van der Waals surface area contributed by atoms with Crippen LogP contribution in [-0.4, -0.2) is 9.97 Å². The number of hydrogen-bond acceptors (Lipinski definition) is 4. The second kappa shape index (κ2) is 4.48. The molecule has 0 spiro atoms. The van der Waals surface area contributed by atoms with Gasteiger partial charge in [0.25, 0.3) is 0 Å². The molecule has 0 bridgehead atoms. The van der Waals surface area contributed by atoms with E-state index in [0.717, 1.165) is 11.1 Å². The summed E-state index contributed by atoms with van der Waals surface area (Å²) in [6.07, 6.45) is 1.82. The van der Waals surface area contributed by atoms with Crippen LogP contribution < -0.4 is 5.73 Å². The Bertz CT molecular complexity index is 746. The number of oxazole rings is 1. The Balaban J connectivity index is 2.14. The molecule has 0 fully saturated rings. The lowest BCUT2D eigenvalue weighted by molar-refractivity contribution is 0.533. The number of fused-ring (bicyclic) bond motifs is 1. The smallest absolute Gasteiger partial charge is 0.210 e. The lowest BCUT2D eigenvalue weighted by Crippen LogP contribution is -1.95. The number of nitrogens with two attached hydrogens (primary N) is 1. The minimum Gasteiger partial charge on any atom is -0.438 e. The molecule has 4 heteroatoms. The fourth-order valence-electron chi connectivity index (χ4n) is 2.24. The number of hydrogen-bond donors (Lipinski definition) is 1. The van der Waals surface area contributed by atoms with Crippen LogP contribution >= 0.6 is 0 Å². The molecule has 0 aliphatic heterocycles. The van der Waals surface area contributed by atoms with Crippen LogP contribution in [0.4, 0.5) is 0 Å². The van der Waals surface area contributed by atoms with Crippen molar-refractivity contribution in [3.8, 4) is 11.1 Å². The van der Waals surface area contributed by atoms with Crippen LogP contribution in [-0.2, 0) is 6.54 Å². The predicted octanol–water partition coefficient (Wildman–Crippen LogP) is 2.97. The molecule has 0 radical (unpaired) electrons. The van der Waals surface area contributed by atoms with Gasteiger partial charge in [-0.05, 0) is 31.0 Å². The summed E-state index contributed by atoms with van der Waals surface area (Å²) in [5.74, 6) is 0.514. The second-order valence-corrected chi connectivity index (χ2v) is 4.68. The van der Waals surface area contributed by atoms with E-state index >= 15 is 0 Å². The monoisotopic (exact) mass is 253 g/mol. The molecule has 0 amide bonds. The molecular formula is C15H15N3O. The molecule has 3 aromatic rings. The van der Waals surface area contributed by atoms with E-state index in [4.69, 9.17) is 10.2 Å². The summed E-state index contributed by atoms with van der Waals surface area (Å²) in [5, 5.41) is 0. The normalized spacial score (nSPS) is 11.1. The quantitative estimate of drug-likeness (QED) is 0.762. The maximum absolute atomic E-state index is 5.54. The van der Waals surface area contributed by atoms with Crippen LogP contribution in [0, 0.1) is 13.8 Å². The molecule has 19 heavy (non-hydrogen) atoms. The Hall–Kier alpha value is -2.20. The summed E-state index contributed by atoms with van der Waals surface area (Å²) >= 11 is 0. The third kappa shape index (κ3) is 2.11. The molecule has 0 atom stereocenters. The van der Waals surface area contributed by atoms with Crippen LogP contribution in [0.3, 0.4) is 0 Å². The zero-order chi connectivity index (χ0) is 13.4. The highest BCUT2D eigenvalue weighted by Crippen LogP contribution is 2.26. The summed E-state index contributed by atoms with van der Waals surface area (Å²) in [6, 6.07) is 8.32. The van der Waals surface area contributed by atoms with Crippen molar-refractivity contribution in [3.63, 3.8) is 0 Å². The molecule has 2 aromatic heterocycles. The van der Waals surface area contributed by atoms with Crippen molar-refractivity contribution < 1.29 is 4.42 Å². The number of pyridine rings is 1. The highest BCUT2D eigenvalue weighted by molar-refractivity contribution is 5.77. The predicted molar refractivity (Wildman–Crippen MR) is 74.6 cm³/mol. The summed E-state index contributed by atoms with van der Waals surface area (Å²) in [5.41, 5.74) is 11.5. The molecular weight excluding hydrogens is 238 g/mol. The summed E-state index contributed by atoms with van der Waals surface area (Å²) in [4.78, 5) is 8.53. The van der Waals surface area contributed by atoms with Crippen LogP contribution in [0.2, 0.25) is 0 Å². The van der Waals surface area contributed by atoms with E-state index in [0.29, 0.717) is 17.1 Å². The standard InChI is InChI=1S/C15H15N3O/c1-9-3-4-12(10(2)5-9)11-6-13-15(17-8-11)18-14(7-16)19-13/h3-6,8H,7,16H2,1-2H3. The molecule has 1 aromatic carbocycles. The SMILES string of the molecule is Cc1ccc(-c2cnc3nc(CN)oc3c2)c(C)c1. The van der Waals surface area contributed by atoms with Crippen LogP contribution in [0.5, 0.6) is 0 Å². The van der Waals surface area contributed by atoms with Gasteiger partial charge in [0.2, 0.25) is 5.89 Å². The molecule has 96 valence electrons. The Morgan fingerprint density at radius 2 is 2.05 bits per heavy atom. The van der Waals surface area contributed by atoms with Gasteiger partial charge in [-0.3, -0.25) is 0 Å². The first kappa shape index (κ1) is 11.9. The minimum atomic E-state index is 0.287. The summed E-state index contributed by atoms with van der Waals surface area (Å²) in [7, 11) is 0. The first-order valence-corrected chi connectivity index (χ1v) is 6.20. The number of rotatable bonds is 2. The zero-order valence-corrected chi connectivity index (χ0v) is 11.0. The van der Waals surface area contributed by atoms with E-state index < -0.39 is 0 Å². The Kier molecular flexibility index (Phi) is 2.80. The lowest BCUT2D eigenvalue weighted by Gasteiger charge is -2.06. The third-order valence-corrected chi connectivity index (χ3v) is 3.16. The molecule has 0 aliphatic rings. The molecule has 0 unspecified atom stereocenters. The van der Waals surface area contributed by atoms with Gasteiger partial charge < -0.3 is 10.2 Å². The van der Waals surface area contributed by atoms with Gasteiger partial charge >= 0.3 is 0 Å². The summed E-state index contributed by atoms with van der Waals surface area (Å²) in [6.45, 7) is 4.47. The maximum atomic E-state index is 5.54. The van der Waals surface area contributed by atoms with E-state index in [1.54, 1.807) is 0 Å². The zero-order valence-electron chi connectivity index (χ0n) is 11.0. The van der Waals surface area contributed by atoms with Gasteiger partial charge in [0.05, 0.1) is 6.54 Å². The maximum Gasteiger partial charge on any atom is 0.210 e. The van der Waals surface area contributed by atoms with E-state index in [-0.39, 0.29) is 6.54 Å². The number of benzene rings is 1. The number of aryl methyl sites for hydroxylation is 2. The van der Waals surface area contributed by atoms with Gasteiger partial charge in [0.15, 0.2) is 11.2 Å². The van der Waals surface area contributed by atoms with E-state index in [1.807, 2.05) is 12.3 Å². The molecule has 2 N–H and O–H groups in total. The van der Waals surface area contributed by atoms with Crippen LogP contribution in [0.15, 0.2) is 34.9 Å². The van der Waals surface area contributed by atoms with Crippen molar-refractivity contribution in [1.29, 1.82) is 0 Å². The second-order valence-electron chi connectivity index (χ2n) is 4.68. The van der Waals surface area contributed by atoms with Crippen LogP contribution in [0.25, 0.3) is 22.4 Å². The average Bonchev–Trinajstić information content (AvgIpc) is 2.80. The van der Waals surface area contributed by atoms with Crippen molar-refractivity contribution in [2.75, 3.05) is 0 Å². The molecule has 3 rings (SSSR count). The largest absolute Gasteiger partial charge is 0.438 e. The Morgan fingerprint density at radius 1 is 1.21 bits per heavy atom. The van der Waals surface area contributed by atoms with Gasteiger partial charge in [-0.25, -0.2) is 4.98 Å². The fraction of sp³-hybridized carbons (Fsp3) is 0.200. The number of aromatic nitrogens is 2. The van der Waals surface area contributed by atoms with Gasteiger partial charge in [-0.2, -0.15) is 4.98 Å². The highest BCUT2D eigenvalue weighted by Gasteiger charge is 2.09. The first-order chi connectivity index (χ1) is 9.17. The van der Waals surface area contributed by atoms with Crippen molar-refractivity contribution in [1.82, 2.24) is 9.97 Å². The van der Waals surface area contributed by atoms with E-state index in [9.17, 15) is 0 Å². The molecule has 2 heterocycles. The van der Waals surface area contributed by atoms with Crippen molar-refractivity contribution >= 4 is 11.2 Å². The lowest BCUT2D eigenvalue weighted by atomic mass is 10.0. The topological polar surface area (TPSA) is 64.9 Å². The third-order valence-electron chi connectivity index (χ3n) is 3.16. The van der Waals surface area contributed by atoms with Crippen molar-refractivity contribution in [2.45, 2.75) is 20.4 Å². The van der Waals surface area contributed by atoms with Gasteiger partial charge in [-0.15, -0.1) is 0 Å². The summed E-state index contributed by atoms with van der Waals surface area (Å²) < 4.78 is 5.54. The number of nitrogens with zero attached hydrogens (tertiary/aromatic N) is 2. The first-order valence-electron chi connectivity index (χ1n) is 6.20. The fourth-order valence-corrected chi connectivity index (χ4v) is 2.24. The molecule has 4 nitrogen and oxygen atoms in total. The van der Waals surface area contributed by atoms with E-state index in [2.05, 4.69) is 42.0 Å². The molecule has 0 saturated carbocycles. The minimum absolute atomic E-state index is 0.287. The van der Waals surface area contributed by atoms with Crippen LogP contribution in [0.1, 0.15) is 17.0 Å². The van der Waals surface area contributed by atoms with Gasteiger partial charge in [0.1, 0.15) is 0 Å². The molecule has 0 aliphatic carbocycles. The highest BCUT2D eigenvalue weighted by atomic mass is 16.3. The Labute approximate surface area is 111 Å². The molecule has 0 saturated heterocycles. The Morgan fingerprint density at radius 3 is 2.79 bits per heavy atom. The van der Waals surface area contributed by atoms with E-state index in [1.165, 1.54) is 11.1 Å².